The van der Waals surface area contributed by atoms with Crippen molar-refractivity contribution in [1.29, 1.82) is 0 Å². The molecule has 0 atom stereocenters. The largest absolute Gasteiger partial charge is 0.393 e. The van der Waals surface area contributed by atoms with Gasteiger partial charge in [0, 0.05) is 13.6 Å². The van der Waals surface area contributed by atoms with Crippen LogP contribution in [-0.4, -0.2) is 40.6 Å². The molecule has 1 saturated carbocycles. The van der Waals surface area contributed by atoms with Gasteiger partial charge in [-0.3, -0.25) is 4.79 Å². The molecule has 0 bridgehead atoms. The van der Waals surface area contributed by atoms with E-state index < -0.39 is 0 Å². The van der Waals surface area contributed by atoms with Crippen molar-refractivity contribution >= 4 is 23.1 Å². The van der Waals surface area contributed by atoms with Crippen molar-refractivity contribution in [2.75, 3.05) is 13.6 Å². The van der Waals surface area contributed by atoms with Gasteiger partial charge in [0.2, 0.25) is 5.91 Å². The zero-order chi connectivity index (χ0) is 10.7. The summed E-state index contributed by atoms with van der Waals surface area (Å²) in [4.78, 5) is 13.3. The van der Waals surface area contributed by atoms with Crippen LogP contribution in [0.1, 0.15) is 19.3 Å². The number of hydrogen-bond acceptors (Lipinski definition) is 3. The van der Waals surface area contributed by atoms with E-state index in [4.69, 9.17) is 10.8 Å². The summed E-state index contributed by atoms with van der Waals surface area (Å²) in [5, 5.41) is 9.07. The van der Waals surface area contributed by atoms with E-state index in [9.17, 15) is 4.79 Å². The summed E-state index contributed by atoms with van der Waals surface area (Å²) in [5.41, 5.74) is 5.27. The minimum absolute atomic E-state index is 0.0427. The highest BCUT2D eigenvalue weighted by atomic mass is 32.1. The Labute approximate surface area is 89.1 Å². The highest BCUT2D eigenvalue weighted by Crippen LogP contribution is 2.27. The highest BCUT2D eigenvalue weighted by molar-refractivity contribution is 7.80. The first-order valence-corrected chi connectivity index (χ1v) is 5.10. The Kier molecular flexibility index (Phi) is 3.83. The molecule has 0 heterocycles. The molecule has 0 unspecified atom stereocenters. The molecule has 3 N–H and O–H groups in total. The van der Waals surface area contributed by atoms with Gasteiger partial charge in [-0.05, 0) is 18.8 Å². The first-order valence-electron chi connectivity index (χ1n) is 4.69. The zero-order valence-corrected chi connectivity index (χ0v) is 9.09. The Balaban J connectivity index is 2.24. The minimum Gasteiger partial charge on any atom is -0.393 e. The van der Waals surface area contributed by atoms with Gasteiger partial charge in [-0.2, -0.15) is 0 Å². The van der Waals surface area contributed by atoms with Crippen molar-refractivity contribution < 1.29 is 9.90 Å². The lowest BCUT2D eigenvalue weighted by Crippen LogP contribution is -2.40. The molecule has 0 spiro atoms. The van der Waals surface area contributed by atoms with E-state index in [0.717, 1.165) is 12.8 Å². The van der Waals surface area contributed by atoms with Gasteiger partial charge in [0.15, 0.2) is 0 Å². The van der Waals surface area contributed by atoms with Crippen molar-refractivity contribution in [3.8, 4) is 0 Å². The Morgan fingerprint density at radius 3 is 2.64 bits per heavy atom. The molecule has 1 rings (SSSR count). The number of carbonyl (C=O) groups excluding carboxylic acids is 1. The second-order valence-electron chi connectivity index (χ2n) is 3.91. The monoisotopic (exact) mass is 216 g/mol. The van der Waals surface area contributed by atoms with E-state index in [1.54, 1.807) is 11.9 Å². The third kappa shape index (κ3) is 3.23. The first kappa shape index (κ1) is 11.4. The molecular formula is C9H16N2O2S. The number of carbonyl (C=O) groups is 1. The van der Waals surface area contributed by atoms with E-state index in [-0.39, 0.29) is 23.4 Å². The number of rotatable bonds is 4. The number of hydrogen-bond donors (Lipinski definition) is 2. The van der Waals surface area contributed by atoms with E-state index in [1.165, 1.54) is 0 Å². The molecule has 0 aromatic carbocycles. The van der Waals surface area contributed by atoms with Crippen molar-refractivity contribution in [3.05, 3.63) is 0 Å². The van der Waals surface area contributed by atoms with Crippen LogP contribution in [-0.2, 0) is 4.79 Å². The van der Waals surface area contributed by atoms with Crippen LogP contribution in [0.15, 0.2) is 0 Å². The molecule has 5 heteroatoms. The molecule has 1 fully saturated rings. The standard InChI is InChI=1S/C9H16N2O2S/c1-11(9(13)4-8(10)14)5-6-2-7(12)3-6/h6-7,12H,2-5H2,1H3,(H2,10,14). The van der Waals surface area contributed by atoms with E-state index in [1.807, 2.05) is 0 Å². The number of nitrogens with zero attached hydrogens (tertiary/aromatic N) is 1. The Morgan fingerprint density at radius 1 is 1.64 bits per heavy atom. The van der Waals surface area contributed by atoms with Crippen molar-refractivity contribution in [1.82, 2.24) is 4.90 Å². The highest BCUT2D eigenvalue weighted by Gasteiger charge is 2.28. The Morgan fingerprint density at radius 2 is 2.21 bits per heavy atom. The van der Waals surface area contributed by atoms with Gasteiger partial charge in [-0.15, -0.1) is 0 Å². The van der Waals surface area contributed by atoms with Crippen molar-refractivity contribution in [2.45, 2.75) is 25.4 Å². The summed E-state index contributed by atoms with van der Waals surface area (Å²) >= 11 is 4.66. The molecule has 0 saturated heterocycles. The normalized spacial score (nSPS) is 25.3. The molecule has 14 heavy (non-hydrogen) atoms. The molecule has 0 aromatic heterocycles. The lowest BCUT2D eigenvalue weighted by Gasteiger charge is -2.34. The van der Waals surface area contributed by atoms with E-state index in [0.29, 0.717) is 12.5 Å². The predicted octanol–water partition coefficient (Wildman–Crippen LogP) is -0.108. The Hall–Kier alpha value is -0.680. The summed E-state index contributed by atoms with van der Waals surface area (Å²) in [6.07, 6.45) is 1.57. The first-order chi connectivity index (χ1) is 6.49. The fourth-order valence-electron chi connectivity index (χ4n) is 1.62. The van der Waals surface area contributed by atoms with E-state index >= 15 is 0 Å². The van der Waals surface area contributed by atoms with Gasteiger partial charge in [-0.25, -0.2) is 0 Å². The lowest BCUT2D eigenvalue weighted by molar-refractivity contribution is -0.130. The van der Waals surface area contributed by atoms with Gasteiger partial charge in [0.05, 0.1) is 17.5 Å². The van der Waals surface area contributed by atoms with Crippen LogP contribution in [0, 0.1) is 5.92 Å². The van der Waals surface area contributed by atoms with Gasteiger partial charge < -0.3 is 15.7 Å². The predicted molar refractivity (Wildman–Crippen MR) is 57.8 cm³/mol. The van der Waals surface area contributed by atoms with Crippen LogP contribution in [0.4, 0.5) is 0 Å². The zero-order valence-electron chi connectivity index (χ0n) is 8.27. The van der Waals surface area contributed by atoms with Crippen molar-refractivity contribution in [2.24, 2.45) is 11.7 Å². The number of amides is 1. The van der Waals surface area contributed by atoms with Crippen LogP contribution in [0.25, 0.3) is 0 Å². The average Bonchev–Trinajstić information content (AvgIpc) is 2.00. The summed E-state index contributed by atoms with van der Waals surface area (Å²) in [5.74, 6) is 0.393. The molecule has 1 aliphatic rings. The lowest BCUT2D eigenvalue weighted by atomic mass is 9.82. The molecule has 1 amide bonds. The quantitative estimate of drug-likeness (QED) is 0.644. The maximum atomic E-state index is 11.4. The maximum Gasteiger partial charge on any atom is 0.229 e. The van der Waals surface area contributed by atoms with Gasteiger partial charge in [0.1, 0.15) is 0 Å². The molecule has 80 valence electrons. The van der Waals surface area contributed by atoms with Crippen LogP contribution < -0.4 is 5.73 Å². The maximum absolute atomic E-state index is 11.4. The molecule has 0 aromatic rings. The molecule has 0 radical (unpaired) electrons. The minimum atomic E-state index is -0.168. The number of thiocarbonyl (C=S) groups is 1. The van der Waals surface area contributed by atoms with Crippen molar-refractivity contribution in [3.63, 3.8) is 0 Å². The van der Waals surface area contributed by atoms with Gasteiger partial charge in [0.25, 0.3) is 0 Å². The van der Waals surface area contributed by atoms with Crippen LogP contribution in [0.3, 0.4) is 0 Å². The topological polar surface area (TPSA) is 66.6 Å². The molecule has 0 aliphatic heterocycles. The summed E-state index contributed by atoms with van der Waals surface area (Å²) in [7, 11) is 1.74. The summed E-state index contributed by atoms with van der Waals surface area (Å²) in [6, 6.07) is 0. The molecule has 4 nitrogen and oxygen atoms in total. The third-order valence-corrected chi connectivity index (χ3v) is 2.64. The molecular weight excluding hydrogens is 200 g/mol. The van der Waals surface area contributed by atoms with Gasteiger partial charge in [-0.1, -0.05) is 12.2 Å². The van der Waals surface area contributed by atoms with Crippen LogP contribution in [0.5, 0.6) is 0 Å². The number of aliphatic hydroxyl groups excluding tert-OH is 1. The fraction of sp³-hybridized carbons (Fsp3) is 0.778. The average molecular weight is 216 g/mol. The third-order valence-electron chi connectivity index (χ3n) is 2.49. The molecule has 1 aliphatic carbocycles. The van der Waals surface area contributed by atoms with Gasteiger partial charge >= 0.3 is 0 Å². The smallest absolute Gasteiger partial charge is 0.229 e. The summed E-state index contributed by atoms with van der Waals surface area (Å²) in [6.45, 7) is 0.693. The van der Waals surface area contributed by atoms with E-state index in [2.05, 4.69) is 12.2 Å². The SMILES string of the molecule is CN(CC1CC(O)C1)C(=O)CC(N)=S. The fourth-order valence-corrected chi connectivity index (χ4v) is 1.75. The Bertz CT molecular complexity index is 239. The second-order valence-corrected chi connectivity index (χ2v) is 4.43. The van der Waals surface area contributed by atoms with Crippen LogP contribution >= 0.6 is 12.2 Å². The summed E-state index contributed by atoms with van der Waals surface area (Å²) < 4.78 is 0. The number of aliphatic hydroxyl groups is 1. The van der Waals surface area contributed by atoms with Crippen LogP contribution in [0.2, 0.25) is 0 Å². The number of nitrogens with two attached hydrogens (primary N) is 1. The second kappa shape index (κ2) is 4.70.